The Bertz CT molecular complexity index is 489. The van der Waals surface area contributed by atoms with Gasteiger partial charge in [-0.3, -0.25) is 4.21 Å². The van der Waals surface area contributed by atoms with Gasteiger partial charge in [0.1, 0.15) is 0 Å². The molecule has 84 valence electrons. The fraction of sp³-hybridized carbons (Fsp3) is 0.143. The Hall–Kier alpha value is 0.140. The molecule has 16 heavy (non-hydrogen) atoms. The average molecular weight is 278 g/mol. The van der Waals surface area contributed by atoms with Crippen LogP contribution in [0, 0.1) is 0 Å². The van der Waals surface area contributed by atoms with Gasteiger partial charge in [0.25, 0.3) is 0 Å². The second-order valence-corrected chi connectivity index (χ2v) is 5.28. The van der Waals surface area contributed by atoms with Crippen LogP contribution in [0.25, 0.3) is 0 Å². The maximum atomic E-state index is 12.2. The quantitative estimate of drug-likeness (QED) is 0.470. The molecule has 0 bridgehead atoms. The molecule has 0 N–H and O–H groups in total. The molecule has 1 aromatic rings. The molecule has 0 aliphatic heterocycles. The van der Waals surface area contributed by atoms with Gasteiger partial charge in [-0.1, -0.05) is 12.1 Å². The summed E-state index contributed by atoms with van der Waals surface area (Å²) in [4.78, 5) is -1.54. The smallest absolute Gasteiger partial charge is 0.768 e. The average Bonchev–Trinajstić information content (AvgIpc) is 2.17. The summed E-state index contributed by atoms with van der Waals surface area (Å²) in [5.74, 6) is -3.64. The first-order valence-electron chi connectivity index (χ1n) is 3.57. The van der Waals surface area contributed by atoms with Crippen LogP contribution in [0.1, 0.15) is 0 Å². The van der Waals surface area contributed by atoms with Crippen molar-refractivity contribution in [2.75, 3.05) is 0 Å². The largest absolute Gasteiger partial charge is 1.00 e. The third kappa shape index (κ3) is 3.31. The van der Waals surface area contributed by atoms with Gasteiger partial charge in [-0.05, 0) is 23.2 Å². The van der Waals surface area contributed by atoms with Gasteiger partial charge in [-0.25, -0.2) is 8.42 Å². The molecule has 0 aromatic heterocycles. The minimum absolute atomic E-state index is 0. The van der Waals surface area contributed by atoms with Crippen molar-refractivity contribution >= 4 is 20.9 Å². The molecule has 0 aliphatic carbocycles. The summed E-state index contributed by atoms with van der Waals surface area (Å²) in [5.41, 5.74) is 0. The number of hydrogen-bond donors (Lipinski definition) is 0. The van der Waals surface area contributed by atoms with Crippen molar-refractivity contribution in [1.82, 2.24) is 0 Å². The Labute approximate surface area is 116 Å². The van der Waals surface area contributed by atoms with Crippen molar-refractivity contribution < 1.29 is 55.5 Å². The van der Waals surface area contributed by atoms with E-state index in [-0.39, 0.29) is 29.6 Å². The number of rotatable bonds is 3. The van der Waals surface area contributed by atoms with Crippen molar-refractivity contribution in [3.8, 4) is 0 Å². The molecule has 1 atom stereocenters. The van der Waals surface area contributed by atoms with E-state index in [9.17, 15) is 26.0 Å². The summed E-state index contributed by atoms with van der Waals surface area (Å²) in [6.07, 6.45) is 0. The van der Waals surface area contributed by atoms with Crippen LogP contribution in [0.4, 0.5) is 8.78 Å². The van der Waals surface area contributed by atoms with Crippen LogP contribution in [0.15, 0.2) is 34.1 Å². The zero-order valence-electron chi connectivity index (χ0n) is 8.09. The summed E-state index contributed by atoms with van der Waals surface area (Å²) >= 11 is -2.87. The van der Waals surface area contributed by atoms with Gasteiger partial charge < -0.3 is 4.55 Å². The zero-order chi connectivity index (χ0) is 11.6. The van der Waals surface area contributed by atoms with Gasteiger partial charge in [-0.15, -0.1) is 0 Å². The summed E-state index contributed by atoms with van der Waals surface area (Å²) in [6.45, 7) is 0. The molecular weight excluding hydrogens is 273 g/mol. The minimum Gasteiger partial charge on any atom is -0.768 e. The molecule has 0 heterocycles. The van der Waals surface area contributed by atoms with Crippen molar-refractivity contribution in [3.63, 3.8) is 0 Å². The van der Waals surface area contributed by atoms with Crippen molar-refractivity contribution in [1.29, 1.82) is 0 Å². The third-order valence-corrected chi connectivity index (χ3v) is 3.85. The zero-order valence-corrected chi connectivity index (χ0v) is 11.7. The number of sulfone groups is 1. The van der Waals surface area contributed by atoms with Crippen LogP contribution in [0.2, 0.25) is 0 Å². The van der Waals surface area contributed by atoms with Gasteiger partial charge in [0, 0.05) is 4.90 Å². The SMILES string of the molecule is O=S([O-])c1ccccc1S(=O)(=O)C(F)F.[Na+]. The first-order valence-corrected chi connectivity index (χ1v) is 6.20. The van der Waals surface area contributed by atoms with E-state index >= 15 is 0 Å². The molecule has 1 rings (SSSR count). The Morgan fingerprint density at radius 2 is 1.75 bits per heavy atom. The second-order valence-electron chi connectivity index (χ2n) is 2.49. The van der Waals surface area contributed by atoms with Crippen LogP contribution in [0.5, 0.6) is 0 Å². The van der Waals surface area contributed by atoms with E-state index in [0.717, 1.165) is 12.1 Å². The maximum Gasteiger partial charge on any atom is 1.00 e. The third-order valence-electron chi connectivity index (χ3n) is 1.57. The summed E-state index contributed by atoms with van der Waals surface area (Å²) in [5, 5.41) is 0. The fourth-order valence-electron chi connectivity index (χ4n) is 0.919. The van der Waals surface area contributed by atoms with E-state index in [1.165, 1.54) is 12.1 Å². The molecule has 0 aliphatic rings. The van der Waals surface area contributed by atoms with Crippen LogP contribution in [-0.4, -0.2) is 22.9 Å². The first-order chi connectivity index (χ1) is 6.87. The normalized spacial score (nSPS) is 13.2. The van der Waals surface area contributed by atoms with Gasteiger partial charge in [0.15, 0.2) is 0 Å². The molecule has 0 saturated carbocycles. The van der Waals surface area contributed by atoms with Crippen molar-refractivity contribution in [2.24, 2.45) is 0 Å². The molecule has 0 spiro atoms. The molecule has 1 unspecified atom stereocenters. The van der Waals surface area contributed by atoms with Crippen LogP contribution < -0.4 is 29.6 Å². The summed E-state index contributed by atoms with van der Waals surface area (Å²) in [6, 6.07) is 4.19. The minimum atomic E-state index is -4.88. The van der Waals surface area contributed by atoms with Gasteiger partial charge >= 0.3 is 35.3 Å². The summed E-state index contributed by atoms with van der Waals surface area (Å²) < 4.78 is 67.5. The Morgan fingerprint density at radius 3 is 2.19 bits per heavy atom. The first kappa shape index (κ1) is 16.1. The van der Waals surface area contributed by atoms with Crippen LogP contribution in [0.3, 0.4) is 0 Å². The fourth-order valence-corrected chi connectivity index (χ4v) is 2.70. The van der Waals surface area contributed by atoms with Crippen LogP contribution in [-0.2, 0) is 20.9 Å². The maximum absolute atomic E-state index is 12.2. The van der Waals surface area contributed by atoms with Gasteiger partial charge in [0.05, 0.1) is 4.90 Å². The Kier molecular flexibility index (Phi) is 6.23. The van der Waals surface area contributed by atoms with E-state index in [1.807, 2.05) is 0 Å². The Balaban J connectivity index is 0.00000225. The van der Waals surface area contributed by atoms with E-state index in [0.29, 0.717) is 0 Å². The Morgan fingerprint density at radius 1 is 1.25 bits per heavy atom. The van der Waals surface area contributed by atoms with E-state index in [2.05, 4.69) is 0 Å². The molecule has 9 heteroatoms. The molecule has 4 nitrogen and oxygen atoms in total. The van der Waals surface area contributed by atoms with Crippen LogP contribution >= 0.6 is 0 Å². The summed E-state index contributed by atoms with van der Waals surface area (Å²) in [7, 11) is -4.88. The molecule has 1 aromatic carbocycles. The van der Waals surface area contributed by atoms with E-state index in [1.54, 1.807) is 0 Å². The van der Waals surface area contributed by atoms with E-state index in [4.69, 9.17) is 0 Å². The molecule has 0 amide bonds. The number of hydrogen-bond acceptors (Lipinski definition) is 4. The monoisotopic (exact) mass is 278 g/mol. The predicted molar refractivity (Wildman–Crippen MR) is 46.8 cm³/mol. The molecular formula is C7H5F2NaO4S2. The second kappa shape index (κ2) is 6.18. The van der Waals surface area contributed by atoms with Gasteiger partial charge in [0.2, 0.25) is 9.84 Å². The standard InChI is InChI=1S/C7H6F2O4S2.Na/c8-7(9)15(12,13)6-4-2-1-3-5(6)14(10)11;/h1-4,7H,(H,10,11);/q;+1/p-1. The number of alkyl halides is 2. The van der Waals surface area contributed by atoms with Crippen molar-refractivity contribution in [3.05, 3.63) is 24.3 Å². The number of benzene rings is 1. The number of halogens is 2. The molecule has 0 radical (unpaired) electrons. The topological polar surface area (TPSA) is 74.3 Å². The predicted octanol–water partition coefficient (Wildman–Crippen LogP) is -2.08. The molecule has 0 saturated heterocycles. The molecule has 0 fully saturated rings. The van der Waals surface area contributed by atoms with Crippen molar-refractivity contribution in [2.45, 2.75) is 15.5 Å². The van der Waals surface area contributed by atoms with Gasteiger partial charge in [-0.2, -0.15) is 8.78 Å². The van der Waals surface area contributed by atoms with E-state index < -0.39 is 36.5 Å².